The van der Waals surface area contributed by atoms with Crippen LogP contribution < -0.4 is 0 Å². The first-order valence-electron chi connectivity index (χ1n) is 11.1. The van der Waals surface area contributed by atoms with Crippen molar-refractivity contribution in [2.75, 3.05) is 0 Å². The Labute approximate surface area is 159 Å². The molecule has 1 unspecified atom stereocenters. The molecule has 0 N–H and O–H groups in total. The van der Waals surface area contributed by atoms with Gasteiger partial charge < -0.3 is 4.90 Å². The average molecular weight is 354 g/mol. The van der Waals surface area contributed by atoms with Crippen molar-refractivity contribution in [3.05, 3.63) is 0 Å². The molecule has 0 aromatic carbocycles. The first-order chi connectivity index (χ1) is 11.8. The predicted molar refractivity (Wildman–Crippen MR) is 112 cm³/mol. The van der Waals surface area contributed by atoms with Crippen LogP contribution in [0.15, 0.2) is 0 Å². The van der Waals surface area contributed by atoms with Gasteiger partial charge in [-0.1, -0.05) is 93.4 Å². The molecule has 0 fully saturated rings. The molecule has 0 heterocycles. The largest absolute Gasteiger partial charge is 0.337 e. The first-order valence-corrected chi connectivity index (χ1v) is 11.1. The Kier molecular flexibility index (Phi) is 13.4. The smallest absolute Gasteiger partial charge is 0.223 e. The summed E-state index contributed by atoms with van der Waals surface area (Å²) < 4.78 is 0. The lowest BCUT2D eigenvalue weighted by molar-refractivity contribution is -0.139. The van der Waals surface area contributed by atoms with E-state index in [4.69, 9.17) is 0 Å². The maximum atomic E-state index is 13.3. The van der Waals surface area contributed by atoms with E-state index in [0.717, 1.165) is 6.42 Å². The molecule has 2 nitrogen and oxygen atoms in total. The van der Waals surface area contributed by atoms with Crippen molar-refractivity contribution < 1.29 is 4.79 Å². The van der Waals surface area contributed by atoms with Crippen molar-refractivity contribution in [2.45, 2.75) is 138 Å². The van der Waals surface area contributed by atoms with E-state index in [9.17, 15) is 4.79 Å². The molecule has 2 heteroatoms. The van der Waals surface area contributed by atoms with E-state index in [1.807, 2.05) is 0 Å². The van der Waals surface area contributed by atoms with Gasteiger partial charge in [-0.15, -0.1) is 0 Å². The summed E-state index contributed by atoms with van der Waals surface area (Å²) in [6.07, 6.45) is 13.9. The quantitative estimate of drug-likeness (QED) is 0.319. The van der Waals surface area contributed by atoms with Crippen LogP contribution in [-0.4, -0.2) is 22.9 Å². The van der Waals surface area contributed by atoms with Crippen molar-refractivity contribution in [3.63, 3.8) is 0 Å². The first kappa shape index (κ1) is 24.5. The zero-order valence-electron chi connectivity index (χ0n) is 18.5. The molecule has 0 aliphatic carbocycles. The van der Waals surface area contributed by atoms with E-state index in [2.05, 4.69) is 53.4 Å². The van der Waals surface area contributed by atoms with Crippen LogP contribution in [0.4, 0.5) is 0 Å². The molecule has 0 bridgehead atoms. The zero-order chi connectivity index (χ0) is 19.3. The van der Waals surface area contributed by atoms with Crippen LogP contribution in [0.3, 0.4) is 0 Å². The predicted octanol–water partition coefficient (Wildman–Crippen LogP) is 7.36. The van der Waals surface area contributed by atoms with Crippen molar-refractivity contribution >= 4 is 5.91 Å². The minimum absolute atomic E-state index is 0.0664. The van der Waals surface area contributed by atoms with Gasteiger partial charge in [-0.2, -0.15) is 0 Å². The Morgan fingerprint density at radius 1 is 0.720 bits per heavy atom. The summed E-state index contributed by atoms with van der Waals surface area (Å²) in [5.74, 6) is 0.402. The third-order valence-electron chi connectivity index (χ3n) is 5.05. The number of amides is 1. The molecule has 0 radical (unpaired) electrons. The van der Waals surface area contributed by atoms with E-state index in [1.165, 1.54) is 64.2 Å². The Balaban J connectivity index is 5.48. The summed E-state index contributed by atoms with van der Waals surface area (Å²) in [4.78, 5) is 15.7. The fourth-order valence-electron chi connectivity index (χ4n) is 3.75. The third kappa shape index (κ3) is 10.9. The molecule has 0 aliphatic heterocycles. The highest BCUT2D eigenvalue weighted by molar-refractivity contribution is 5.77. The second kappa shape index (κ2) is 13.6. The molecule has 0 aromatic rings. The SMILES string of the molecule is CCCCC(CCC)N(C(=O)CC(C)(C)C)C(CCCC)CCCC. The van der Waals surface area contributed by atoms with E-state index in [0.29, 0.717) is 24.4 Å². The molecule has 0 aromatic heterocycles. The fraction of sp³-hybridized carbons (Fsp3) is 0.957. The molecule has 25 heavy (non-hydrogen) atoms. The van der Waals surface area contributed by atoms with Crippen LogP contribution in [0.5, 0.6) is 0 Å². The molecular weight excluding hydrogens is 306 g/mol. The number of nitrogens with zero attached hydrogens (tertiary/aromatic N) is 1. The molecule has 1 amide bonds. The van der Waals surface area contributed by atoms with E-state index in [1.54, 1.807) is 0 Å². The van der Waals surface area contributed by atoms with Crippen molar-refractivity contribution in [3.8, 4) is 0 Å². The van der Waals surface area contributed by atoms with Gasteiger partial charge in [0.15, 0.2) is 0 Å². The van der Waals surface area contributed by atoms with Gasteiger partial charge in [0.05, 0.1) is 0 Å². The highest BCUT2D eigenvalue weighted by Gasteiger charge is 2.31. The van der Waals surface area contributed by atoms with Gasteiger partial charge in [0.2, 0.25) is 5.91 Å². The topological polar surface area (TPSA) is 20.3 Å². The van der Waals surface area contributed by atoms with Gasteiger partial charge in [-0.25, -0.2) is 0 Å². The number of unbranched alkanes of at least 4 members (excludes halogenated alkanes) is 3. The van der Waals surface area contributed by atoms with E-state index >= 15 is 0 Å². The molecule has 0 saturated carbocycles. The second-order valence-electron chi connectivity index (χ2n) is 9.06. The minimum atomic E-state index is 0.0664. The molecule has 0 rings (SSSR count). The summed E-state index contributed by atoms with van der Waals surface area (Å²) in [6.45, 7) is 15.6. The Morgan fingerprint density at radius 3 is 1.44 bits per heavy atom. The number of hydrogen-bond donors (Lipinski definition) is 0. The highest BCUT2D eigenvalue weighted by Crippen LogP contribution is 2.28. The van der Waals surface area contributed by atoms with Gasteiger partial charge in [0.1, 0.15) is 0 Å². The Morgan fingerprint density at radius 2 is 1.12 bits per heavy atom. The molecule has 150 valence electrons. The van der Waals surface area contributed by atoms with Crippen LogP contribution in [0, 0.1) is 5.41 Å². The number of carbonyl (C=O) groups excluding carboxylic acids is 1. The summed E-state index contributed by atoms with van der Waals surface area (Å²) in [7, 11) is 0. The second-order valence-corrected chi connectivity index (χ2v) is 9.06. The highest BCUT2D eigenvalue weighted by atomic mass is 16.2. The average Bonchev–Trinajstić information content (AvgIpc) is 2.53. The van der Waals surface area contributed by atoms with Gasteiger partial charge in [0, 0.05) is 18.5 Å². The maximum Gasteiger partial charge on any atom is 0.223 e. The van der Waals surface area contributed by atoms with Crippen molar-refractivity contribution in [1.82, 2.24) is 4.90 Å². The number of carbonyl (C=O) groups is 1. The lowest BCUT2D eigenvalue weighted by atomic mass is 9.89. The van der Waals surface area contributed by atoms with E-state index in [-0.39, 0.29) is 5.41 Å². The van der Waals surface area contributed by atoms with Crippen LogP contribution >= 0.6 is 0 Å². The van der Waals surface area contributed by atoms with Crippen LogP contribution in [-0.2, 0) is 4.79 Å². The number of hydrogen-bond acceptors (Lipinski definition) is 1. The maximum absolute atomic E-state index is 13.3. The summed E-state index contributed by atoms with van der Waals surface area (Å²) in [5, 5.41) is 0. The standard InChI is InChI=1S/C23H47NO/c1-8-12-16-20(15-11-4)24(22(25)19-23(5,6)7)21(17-13-9-2)18-14-10-3/h20-21H,8-19H2,1-7H3. The lowest BCUT2D eigenvalue weighted by Gasteiger charge is -2.40. The Bertz CT molecular complexity index is 323. The van der Waals surface area contributed by atoms with Gasteiger partial charge >= 0.3 is 0 Å². The summed E-state index contributed by atoms with van der Waals surface area (Å²) >= 11 is 0. The minimum Gasteiger partial charge on any atom is -0.337 e. The molecule has 0 spiro atoms. The fourth-order valence-corrected chi connectivity index (χ4v) is 3.75. The van der Waals surface area contributed by atoms with Crippen LogP contribution in [0.25, 0.3) is 0 Å². The molecule has 0 saturated heterocycles. The number of rotatable bonds is 14. The van der Waals surface area contributed by atoms with Gasteiger partial charge in [-0.3, -0.25) is 4.79 Å². The molecule has 1 atom stereocenters. The lowest BCUT2D eigenvalue weighted by Crippen LogP contribution is -2.48. The van der Waals surface area contributed by atoms with E-state index < -0.39 is 0 Å². The van der Waals surface area contributed by atoms with Crippen LogP contribution in [0.1, 0.15) is 126 Å². The molecular formula is C23H47NO. The van der Waals surface area contributed by atoms with Gasteiger partial charge in [-0.05, 0) is 31.1 Å². The van der Waals surface area contributed by atoms with Crippen molar-refractivity contribution in [2.24, 2.45) is 5.41 Å². The summed E-state index contributed by atoms with van der Waals surface area (Å²) in [5.41, 5.74) is 0.0664. The monoisotopic (exact) mass is 353 g/mol. The van der Waals surface area contributed by atoms with Gasteiger partial charge in [0.25, 0.3) is 0 Å². The normalized spacial score (nSPS) is 13.3. The van der Waals surface area contributed by atoms with Crippen LogP contribution in [0.2, 0.25) is 0 Å². The Hall–Kier alpha value is -0.530. The summed E-state index contributed by atoms with van der Waals surface area (Å²) in [6, 6.07) is 0.890. The third-order valence-corrected chi connectivity index (χ3v) is 5.05. The van der Waals surface area contributed by atoms with Crippen molar-refractivity contribution in [1.29, 1.82) is 0 Å². The zero-order valence-corrected chi connectivity index (χ0v) is 18.5. The molecule has 0 aliphatic rings.